The number of benzene rings is 1. The Morgan fingerprint density at radius 3 is 2.89 bits per heavy atom. The van der Waals surface area contributed by atoms with E-state index in [0.29, 0.717) is 5.82 Å². The van der Waals surface area contributed by atoms with E-state index < -0.39 is 10.7 Å². The molecule has 2 rings (SSSR count). The number of phenols is 1. The molecule has 0 amide bonds. The third-order valence-corrected chi connectivity index (χ3v) is 2.37. The zero-order valence-corrected chi connectivity index (χ0v) is 9.61. The van der Waals surface area contributed by atoms with Gasteiger partial charge < -0.3 is 10.1 Å². The van der Waals surface area contributed by atoms with Gasteiger partial charge in [0.15, 0.2) is 5.78 Å². The number of nitrogens with zero attached hydrogens (tertiary/aromatic N) is 2. The SMILES string of the molecule is O=C(C=Cc1ncc[nH]1)c1cc([N+](=O)[O-])ccc1O. The number of hydrogen-bond acceptors (Lipinski definition) is 5. The van der Waals surface area contributed by atoms with Crippen molar-refractivity contribution in [1.82, 2.24) is 9.97 Å². The van der Waals surface area contributed by atoms with E-state index in [1.807, 2.05) is 0 Å². The molecule has 0 atom stereocenters. The molecule has 7 heteroatoms. The van der Waals surface area contributed by atoms with Gasteiger partial charge in [-0.15, -0.1) is 0 Å². The van der Waals surface area contributed by atoms with Gasteiger partial charge in [0.1, 0.15) is 11.6 Å². The minimum absolute atomic E-state index is 0.128. The molecule has 0 aliphatic carbocycles. The number of phenolic OH excluding ortho intramolecular Hbond substituents is 1. The van der Waals surface area contributed by atoms with Crippen LogP contribution in [0.15, 0.2) is 36.7 Å². The Morgan fingerprint density at radius 2 is 2.26 bits per heavy atom. The van der Waals surface area contributed by atoms with E-state index in [-0.39, 0.29) is 17.0 Å². The summed E-state index contributed by atoms with van der Waals surface area (Å²) in [6.45, 7) is 0. The van der Waals surface area contributed by atoms with Gasteiger partial charge in [-0.25, -0.2) is 4.98 Å². The van der Waals surface area contributed by atoms with Gasteiger partial charge in [0.05, 0.1) is 10.5 Å². The summed E-state index contributed by atoms with van der Waals surface area (Å²) >= 11 is 0. The van der Waals surface area contributed by atoms with Crippen LogP contribution in [0.5, 0.6) is 5.75 Å². The number of nitro groups is 1. The van der Waals surface area contributed by atoms with Gasteiger partial charge in [-0.3, -0.25) is 14.9 Å². The predicted molar refractivity (Wildman–Crippen MR) is 66.7 cm³/mol. The number of aromatic hydroxyl groups is 1. The van der Waals surface area contributed by atoms with Crippen molar-refractivity contribution in [2.75, 3.05) is 0 Å². The number of carbonyl (C=O) groups is 1. The number of aromatic nitrogens is 2. The van der Waals surface area contributed by atoms with Gasteiger partial charge in [-0.2, -0.15) is 0 Å². The average Bonchev–Trinajstić information content (AvgIpc) is 2.89. The first-order valence-electron chi connectivity index (χ1n) is 5.27. The van der Waals surface area contributed by atoms with Crippen molar-refractivity contribution < 1.29 is 14.8 Å². The number of non-ortho nitro benzene ring substituents is 1. The molecule has 1 heterocycles. The lowest BCUT2D eigenvalue weighted by molar-refractivity contribution is -0.384. The highest BCUT2D eigenvalue weighted by Gasteiger charge is 2.14. The second-order valence-electron chi connectivity index (χ2n) is 3.63. The van der Waals surface area contributed by atoms with Crippen molar-refractivity contribution in [2.45, 2.75) is 0 Å². The lowest BCUT2D eigenvalue weighted by atomic mass is 10.1. The Hall–Kier alpha value is -2.96. The van der Waals surface area contributed by atoms with Crippen molar-refractivity contribution in [1.29, 1.82) is 0 Å². The molecule has 0 aliphatic rings. The standard InChI is InChI=1S/C12H9N3O4/c16-10-2-1-8(15(18)19)7-9(10)11(17)3-4-12-13-5-6-14-12/h1-7,16H,(H,13,14). The smallest absolute Gasteiger partial charge is 0.270 e. The maximum atomic E-state index is 11.8. The first-order chi connectivity index (χ1) is 9.08. The van der Waals surface area contributed by atoms with E-state index in [9.17, 15) is 20.0 Å². The summed E-state index contributed by atoms with van der Waals surface area (Å²) in [6, 6.07) is 3.28. The number of allylic oxidation sites excluding steroid dienone is 1. The molecular formula is C12H9N3O4. The Bertz CT molecular complexity index is 647. The Balaban J connectivity index is 2.28. The minimum Gasteiger partial charge on any atom is -0.507 e. The molecule has 1 aromatic carbocycles. The zero-order chi connectivity index (χ0) is 13.8. The highest BCUT2D eigenvalue weighted by molar-refractivity contribution is 6.08. The van der Waals surface area contributed by atoms with Crippen LogP contribution >= 0.6 is 0 Å². The van der Waals surface area contributed by atoms with Gasteiger partial charge in [0, 0.05) is 24.5 Å². The van der Waals surface area contributed by atoms with Crippen LogP contribution in [0.4, 0.5) is 5.69 Å². The van der Waals surface area contributed by atoms with Gasteiger partial charge in [0.2, 0.25) is 0 Å². The number of carbonyl (C=O) groups excluding carboxylic acids is 1. The molecule has 0 spiro atoms. The summed E-state index contributed by atoms with van der Waals surface area (Å²) < 4.78 is 0. The number of nitrogens with one attached hydrogen (secondary N) is 1. The van der Waals surface area contributed by atoms with E-state index in [1.54, 1.807) is 6.20 Å². The second-order valence-corrected chi connectivity index (χ2v) is 3.63. The van der Waals surface area contributed by atoms with E-state index in [4.69, 9.17) is 0 Å². The minimum atomic E-state index is -0.632. The normalized spacial score (nSPS) is 10.7. The molecule has 0 bridgehead atoms. The largest absolute Gasteiger partial charge is 0.507 e. The lowest BCUT2D eigenvalue weighted by Crippen LogP contribution is -1.97. The second kappa shape index (κ2) is 5.13. The molecular weight excluding hydrogens is 250 g/mol. The lowest BCUT2D eigenvalue weighted by Gasteiger charge is -2.00. The first-order valence-corrected chi connectivity index (χ1v) is 5.27. The zero-order valence-electron chi connectivity index (χ0n) is 9.61. The van der Waals surface area contributed by atoms with E-state index >= 15 is 0 Å². The molecule has 0 saturated heterocycles. The molecule has 7 nitrogen and oxygen atoms in total. The molecule has 0 fully saturated rings. The number of imidazole rings is 1. The molecule has 2 aromatic rings. The Labute approximate surface area is 107 Å². The highest BCUT2D eigenvalue weighted by Crippen LogP contribution is 2.23. The Kier molecular flexibility index (Phi) is 3.37. The summed E-state index contributed by atoms with van der Waals surface area (Å²) in [5.41, 5.74) is -0.385. The van der Waals surface area contributed by atoms with Crippen LogP contribution in [0.25, 0.3) is 6.08 Å². The quantitative estimate of drug-likeness (QED) is 0.377. The third kappa shape index (κ3) is 2.83. The van der Waals surface area contributed by atoms with Gasteiger partial charge in [-0.05, 0) is 18.2 Å². The van der Waals surface area contributed by atoms with Crippen LogP contribution < -0.4 is 0 Å². The number of ketones is 1. The topological polar surface area (TPSA) is 109 Å². The third-order valence-electron chi connectivity index (χ3n) is 2.37. The van der Waals surface area contributed by atoms with Gasteiger partial charge >= 0.3 is 0 Å². The molecule has 0 saturated carbocycles. The maximum Gasteiger partial charge on any atom is 0.270 e. The highest BCUT2D eigenvalue weighted by atomic mass is 16.6. The predicted octanol–water partition coefficient (Wildman–Crippen LogP) is 1.92. The van der Waals surface area contributed by atoms with Crippen LogP contribution in [-0.4, -0.2) is 25.8 Å². The fourth-order valence-electron chi connectivity index (χ4n) is 1.45. The molecule has 0 aliphatic heterocycles. The van der Waals surface area contributed by atoms with E-state index in [0.717, 1.165) is 18.2 Å². The first kappa shape index (κ1) is 12.5. The van der Waals surface area contributed by atoms with Gasteiger partial charge in [-0.1, -0.05) is 0 Å². The van der Waals surface area contributed by atoms with Crippen molar-refractivity contribution in [3.05, 3.63) is 58.2 Å². The summed E-state index contributed by atoms with van der Waals surface area (Å²) in [5.74, 6) is -0.379. The van der Waals surface area contributed by atoms with E-state index in [2.05, 4.69) is 9.97 Å². The fraction of sp³-hybridized carbons (Fsp3) is 0. The van der Waals surface area contributed by atoms with Crippen molar-refractivity contribution >= 4 is 17.5 Å². The van der Waals surface area contributed by atoms with E-state index in [1.165, 1.54) is 18.3 Å². The van der Waals surface area contributed by atoms with Crippen LogP contribution in [0, 0.1) is 10.1 Å². The van der Waals surface area contributed by atoms with Crippen molar-refractivity contribution in [2.24, 2.45) is 0 Å². The van der Waals surface area contributed by atoms with Crippen LogP contribution in [0.2, 0.25) is 0 Å². The number of H-pyrrole nitrogens is 1. The molecule has 2 N–H and O–H groups in total. The summed E-state index contributed by atoms with van der Waals surface area (Å²) in [7, 11) is 0. The van der Waals surface area contributed by atoms with Crippen LogP contribution in [0.1, 0.15) is 16.2 Å². The summed E-state index contributed by atoms with van der Waals surface area (Å²) in [6.07, 6.45) is 5.71. The molecule has 96 valence electrons. The molecule has 0 unspecified atom stereocenters. The average molecular weight is 259 g/mol. The molecule has 0 radical (unpaired) electrons. The Morgan fingerprint density at radius 1 is 1.47 bits per heavy atom. The fourth-order valence-corrected chi connectivity index (χ4v) is 1.45. The number of rotatable bonds is 4. The molecule has 1 aromatic heterocycles. The monoisotopic (exact) mass is 259 g/mol. The maximum absolute atomic E-state index is 11.8. The van der Waals surface area contributed by atoms with Crippen LogP contribution in [0.3, 0.4) is 0 Å². The van der Waals surface area contributed by atoms with Crippen molar-refractivity contribution in [3.63, 3.8) is 0 Å². The van der Waals surface area contributed by atoms with Gasteiger partial charge in [0.25, 0.3) is 5.69 Å². The number of hydrogen-bond donors (Lipinski definition) is 2. The molecule has 19 heavy (non-hydrogen) atoms. The number of aromatic amines is 1. The summed E-state index contributed by atoms with van der Waals surface area (Å²) in [5, 5.41) is 20.2. The summed E-state index contributed by atoms with van der Waals surface area (Å²) in [4.78, 5) is 28.5. The van der Waals surface area contributed by atoms with Crippen LogP contribution in [-0.2, 0) is 0 Å². The number of nitro benzene ring substituents is 1. The van der Waals surface area contributed by atoms with Crippen molar-refractivity contribution in [3.8, 4) is 5.75 Å².